The zero-order valence-electron chi connectivity index (χ0n) is 29.3. The van der Waals surface area contributed by atoms with E-state index in [4.69, 9.17) is 23.1 Å². The molecule has 1 heterocycles. The molecule has 248 valence electrons. The number of aliphatic hydroxyl groups excluding tert-OH is 2. The van der Waals surface area contributed by atoms with Crippen LogP contribution in [0.15, 0.2) is 36.9 Å². The van der Waals surface area contributed by atoms with E-state index in [0.29, 0.717) is 19.8 Å². The van der Waals surface area contributed by atoms with Gasteiger partial charge in [-0.2, -0.15) is 0 Å². The van der Waals surface area contributed by atoms with Gasteiger partial charge in [-0.05, 0) is 60.9 Å². The third-order valence-electron chi connectivity index (χ3n) is 10.2. The molecule has 7 nitrogen and oxygen atoms in total. The molecule has 0 aromatic heterocycles. The summed E-state index contributed by atoms with van der Waals surface area (Å²) in [4.78, 5) is 0. The van der Waals surface area contributed by atoms with E-state index in [1.807, 2.05) is 24.3 Å². The second-order valence-electron chi connectivity index (χ2n) is 15.7. The lowest BCUT2D eigenvalue weighted by Gasteiger charge is -2.46. The van der Waals surface area contributed by atoms with Crippen molar-refractivity contribution in [1.29, 1.82) is 0 Å². The third kappa shape index (κ3) is 9.48. The van der Waals surface area contributed by atoms with Crippen molar-refractivity contribution in [2.45, 2.75) is 122 Å². The third-order valence-corrected chi connectivity index (χ3v) is 19.2. The molecular formula is C34H62O7Si2. The van der Waals surface area contributed by atoms with Crippen LogP contribution in [0.5, 0.6) is 5.75 Å². The largest absolute Gasteiger partial charge is 0.497 e. The zero-order chi connectivity index (χ0) is 33.0. The lowest BCUT2D eigenvalue weighted by atomic mass is 9.80. The van der Waals surface area contributed by atoms with Gasteiger partial charge in [0.1, 0.15) is 11.4 Å². The van der Waals surface area contributed by atoms with Crippen LogP contribution >= 0.6 is 0 Å². The second-order valence-corrected chi connectivity index (χ2v) is 25.2. The standard InChI is InChI=1S/C34H62O7Si2/c1-15-26(20-35)29(36)28(23-39-42(11,12)32(3,4)5)31(41-43(13,14)33(6,7)8)34(9)30(40-34)24(2)21-38-22-25-16-18-27(37-10)19-17-25/h15-19,24,26,28-31,35-36H,1,20-23H2,2-14H3/t24-,26-,28-,29+,30+,31-,34?/m0/s1. The summed E-state index contributed by atoms with van der Waals surface area (Å²) >= 11 is 0. The summed E-state index contributed by atoms with van der Waals surface area (Å²) in [5.74, 6) is -0.0208. The molecule has 2 rings (SSSR count). The molecular weight excluding hydrogens is 577 g/mol. The van der Waals surface area contributed by atoms with Crippen LogP contribution < -0.4 is 4.74 Å². The average molecular weight is 639 g/mol. The van der Waals surface area contributed by atoms with E-state index in [9.17, 15) is 10.2 Å². The van der Waals surface area contributed by atoms with Crippen LogP contribution in [-0.2, 0) is 24.9 Å². The van der Waals surface area contributed by atoms with Crippen LogP contribution in [0, 0.1) is 17.8 Å². The predicted molar refractivity (Wildman–Crippen MR) is 181 cm³/mol. The smallest absolute Gasteiger partial charge is 0.192 e. The Hall–Kier alpha value is -1.05. The van der Waals surface area contributed by atoms with Crippen LogP contribution in [0.3, 0.4) is 0 Å². The average Bonchev–Trinajstić information content (AvgIpc) is 3.60. The Balaban J connectivity index is 2.37. The Kier molecular flexibility index (Phi) is 12.9. The Bertz CT molecular complexity index is 1020. The summed E-state index contributed by atoms with van der Waals surface area (Å²) < 4.78 is 31.9. The lowest BCUT2D eigenvalue weighted by Crippen LogP contribution is -2.56. The van der Waals surface area contributed by atoms with Crippen LogP contribution in [0.25, 0.3) is 0 Å². The maximum absolute atomic E-state index is 11.8. The number of rotatable bonds is 17. The van der Waals surface area contributed by atoms with Crippen LogP contribution in [-0.4, -0.2) is 77.7 Å². The predicted octanol–water partition coefficient (Wildman–Crippen LogP) is 7.19. The van der Waals surface area contributed by atoms with Gasteiger partial charge in [-0.3, -0.25) is 0 Å². The molecule has 1 fully saturated rings. The Labute approximate surface area is 264 Å². The van der Waals surface area contributed by atoms with Crippen molar-refractivity contribution >= 4 is 16.6 Å². The van der Waals surface area contributed by atoms with Crippen molar-refractivity contribution in [2.24, 2.45) is 17.8 Å². The molecule has 1 aliphatic rings. The van der Waals surface area contributed by atoms with Crippen LogP contribution in [0.1, 0.15) is 61.0 Å². The Morgan fingerprint density at radius 2 is 1.56 bits per heavy atom. The highest BCUT2D eigenvalue weighted by Crippen LogP contribution is 2.51. The molecule has 1 unspecified atom stereocenters. The number of aliphatic hydroxyl groups is 2. The van der Waals surface area contributed by atoms with Crippen LogP contribution in [0.2, 0.25) is 36.3 Å². The molecule has 0 radical (unpaired) electrons. The molecule has 1 aromatic carbocycles. The van der Waals surface area contributed by atoms with E-state index < -0.39 is 46.3 Å². The van der Waals surface area contributed by atoms with Gasteiger partial charge in [-0.25, -0.2) is 0 Å². The molecule has 43 heavy (non-hydrogen) atoms. The normalized spacial score (nSPS) is 23.3. The first kappa shape index (κ1) is 38.1. The molecule has 7 atom stereocenters. The van der Waals surface area contributed by atoms with Gasteiger partial charge in [0, 0.05) is 24.4 Å². The number of benzene rings is 1. The fourth-order valence-electron chi connectivity index (χ4n) is 4.97. The van der Waals surface area contributed by atoms with Gasteiger partial charge in [-0.1, -0.05) is 66.7 Å². The van der Waals surface area contributed by atoms with Gasteiger partial charge in [0.15, 0.2) is 16.6 Å². The summed E-state index contributed by atoms with van der Waals surface area (Å²) in [7, 11) is -2.82. The monoisotopic (exact) mass is 638 g/mol. The second kappa shape index (κ2) is 14.6. The summed E-state index contributed by atoms with van der Waals surface area (Å²) in [5, 5.41) is 21.9. The van der Waals surface area contributed by atoms with Gasteiger partial charge >= 0.3 is 0 Å². The van der Waals surface area contributed by atoms with Crippen molar-refractivity contribution in [3.8, 4) is 5.75 Å². The van der Waals surface area contributed by atoms with Gasteiger partial charge in [-0.15, -0.1) is 6.58 Å². The van der Waals surface area contributed by atoms with Crippen molar-refractivity contribution in [3.05, 3.63) is 42.5 Å². The van der Waals surface area contributed by atoms with Crippen molar-refractivity contribution in [1.82, 2.24) is 0 Å². The molecule has 0 amide bonds. The van der Waals surface area contributed by atoms with Crippen molar-refractivity contribution in [3.63, 3.8) is 0 Å². The summed E-state index contributed by atoms with van der Waals surface area (Å²) in [5.41, 5.74) is 0.430. The minimum atomic E-state index is -2.32. The fourth-order valence-corrected chi connectivity index (χ4v) is 7.41. The first-order valence-electron chi connectivity index (χ1n) is 15.8. The molecule has 1 aliphatic heterocycles. The molecule has 0 bridgehead atoms. The summed E-state index contributed by atoms with van der Waals surface area (Å²) in [6.07, 6.45) is 0.162. The molecule has 0 saturated carbocycles. The van der Waals surface area contributed by atoms with Gasteiger partial charge in [0.2, 0.25) is 0 Å². The van der Waals surface area contributed by atoms with E-state index in [1.165, 1.54) is 0 Å². The van der Waals surface area contributed by atoms with Gasteiger partial charge < -0.3 is 33.3 Å². The quantitative estimate of drug-likeness (QED) is 0.106. The van der Waals surface area contributed by atoms with E-state index in [-0.39, 0.29) is 28.7 Å². The van der Waals surface area contributed by atoms with Crippen LogP contribution in [0.4, 0.5) is 0 Å². The Morgan fingerprint density at radius 1 is 1.00 bits per heavy atom. The number of hydrogen-bond donors (Lipinski definition) is 2. The molecule has 0 aliphatic carbocycles. The fraction of sp³-hybridized carbons (Fsp3) is 0.765. The highest BCUT2D eigenvalue weighted by molar-refractivity contribution is 6.74. The molecule has 0 spiro atoms. The number of methoxy groups -OCH3 is 1. The molecule has 2 N–H and O–H groups in total. The Morgan fingerprint density at radius 3 is 2.02 bits per heavy atom. The zero-order valence-corrected chi connectivity index (χ0v) is 31.3. The number of epoxide rings is 1. The first-order valence-corrected chi connectivity index (χ1v) is 21.6. The van der Waals surface area contributed by atoms with Crippen molar-refractivity contribution < 1.29 is 33.3 Å². The van der Waals surface area contributed by atoms with Crippen molar-refractivity contribution in [2.75, 3.05) is 26.9 Å². The summed E-state index contributed by atoms with van der Waals surface area (Å²) in [6.45, 7) is 31.5. The van der Waals surface area contributed by atoms with Gasteiger partial charge in [0.05, 0.1) is 45.2 Å². The highest BCUT2D eigenvalue weighted by atomic mass is 28.4. The van der Waals surface area contributed by atoms with Gasteiger partial charge in [0.25, 0.3) is 0 Å². The van der Waals surface area contributed by atoms with E-state index in [1.54, 1.807) is 13.2 Å². The highest BCUT2D eigenvalue weighted by Gasteiger charge is 2.64. The maximum Gasteiger partial charge on any atom is 0.192 e. The van der Waals surface area contributed by atoms with E-state index >= 15 is 0 Å². The summed E-state index contributed by atoms with van der Waals surface area (Å²) in [6, 6.07) is 7.89. The number of hydrogen-bond acceptors (Lipinski definition) is 7. The van der Waals surface area contributed by atoms with E-state index in [2.05, 4.69) is 88.2 Å². The minimum Gasteiger partial charge on any atom is -0.497 e. The topological polar surface area (TPSA) is 89.9 Å². The SMILES string of the molecule is C=C[C@@H](CO)[C@@H](O)[C@H](CO[Si](C)(C)C(C)(C)C)[C@H](O[Si](C)(C)C(C)(C)C)C1(C)O[C@@H]1[C@@H](C)COCc1ccc(OC)cc1. The molecule has 9 heteroatoms. The first-order chi connectivity index (χ1) is 19.6. The lowest BCUT2D eigenvalue weighted by molar-refractivity contribution is -0.0597. The number of ether oxygens (including phenoxy) is 3. The molecule has 1 aromatic rings. The van der Waals surface area contributed by atoms with E-state index in [0.717, 1.165) is 11.3 Å². The minimum absolute atomic E-state index is 0.00532. The maximum atomic E-state index is 11.8. The molecule has 1 saturated heterocycles.